The van der Waals surface area contributed by atoms with E-state index >= 15 is 0 Å². The van der Waals surface area contributed by atoms with Crippen LogP contribution in [0.2, 0.25) is 0 Å². The molecule has 1 fully saturated rings. The number of aromatic nitrogens is 1. The molecule has 1 aromatic rings. The second-order valence-electron chi connectivity index (χ2n) is 6.61. The molecule has 0 unspecified atom stereocenters. The van der Waals surface area contributed by atoms with Crippen molar-refractivity contribution < 1.29 is 14.3 Å². The van der Waals surface area contributed by atoms with Gasteiger partial charge in [-0.15, -0.1) is 0 Å². The molecule has 6 heteroatoms. The minimum absolute atomic E-state index is 0.182. The third-order valence-electron chi connectivity index (χ3n) is 3.57. The van der Waals surface area contributed by atoms with Gasteiger partial charge >= 0.3 is 6.09 Å². The average molecular weight is 326 g/mol. The lowest BCUT2D eigenvalue weighted by Crippen LogP contribution is -2.46. The zero-order valence-electron chi connectivity index (χ0n) is 13.7. The Hall–Kier alpha value is -1.30. The maximum absolute atomic E-state index is 12.3. The number of ether oxygens (including phenoxy) is 2. The topological polar surface area (TPSA) is 51.7 Å². The number of amides is 1. The van der Waals surface area contributed by atoms with Crippen molar-refractivity contribution in [3.63, 3.8) is 0 Å². The van der Waals surface area contributed by atoms with Gasteiger partial charge in [-0.05, 0) is 52.9 Å². The first kappa shape index (κ1) is 17.1. The summed E-state index contributed by atoms with van der Waals surface area (Å²) < 4.78 is 11.1. The fraction of sp³-hybridized carbons (Fsp3) is 0.750. The van der Waals surface area contributed by atoms with Crippen LogP contribution in [0, 0.1) is 0 Å². The molecule has 1 aliphatic heterocycles. The Balaban J connectivity index is 1.77. The number of thiazole rings is 1. The zero-order chi connectivity index (χ0) is 16.0. The number of rotatable bonds is 5. The van der Waals surface area contributed by atoms with Gasteiger partial charge in [0.25, 0.3) is 5.19 Å². The van der Waals surface area contributed by atoms with E-state index in [-0.39, 0.29) is 12.1 Å². The summed E-state index contributed by atoms with van der Waals surface area (Å²) in [6.07, 6.45) is 6.72. The normalized spacial score (nSPS) is 19.0. The molecular formula is C16H26N2O3S. The van der Waals surface area contributed by atoms with Crippen LogP contribution in [0.1, 0.15) is 52.9 Å². The summed E-state index contributed by atoms with van der Waals surface area (Å²) in [5, 5.41) is 2.62. The summed E-state index contributed by atoms with van der Waals surface area (Å²) in [7, 11) is 0. The van der Waals surface area contributed by atoms with Crippen molar-refractivity contribution in [2.24, 2.45) is 0 Å². The molecule has 0 bridgehead atoms. The highest BCUT2D eigenvalue weighted by atomic mass is 32.1. The van der Waals surface area contributed by atoms with E-state index in [9.17, 15) is 4.79 Å². The SMILES string of the molecule is CC(C)(C)OC(=O)N1CCCC[C@H]1CCCOc1nccs1. The van der Waals surface area contributed by atoms with E-state index in [2.05, 4.69) is 4.98 Å². The molecule has 2 rings (SSSR count). The Morgan fingerprint density at radius 2 is 2.27 bits per heavy atom. The molecule has 0 N–H and O–H groups in total. The number of carbonyl (C=O) groups is 1. The summed E-state index contributed by atoms with van der Waals surface area (Å²) in [5.41, 5.74) is -0.437. The Labute approximate surface area is 136 Å². The molecule has 5 nitrogen and oxygen atoms in total. The Morgan fingerprint density at radius 3 is 2.95 bits per heavy atom. The van der Waals surface area contributed by atoms with E-state index in [0.29, 0.717) is 11.8 Å². The number of hydrogen-bond donors (Lipinski definition) is 0. The molecular weight excluding hydrogens is 300 g/mol. The number of hydrogen-bond acceptors (Lipinski definition) is 5. The van der Waals surface area contributed by atoms with E-state index in [1.807, 2.05) is 31.1 Å². The summed E-state index contributed by atoms with van der Waals surface area (Å²) in [5.74, 6) is 0. The molecule has 1 atom stereocenters. The molecule has 22 heavy (non-hydrogen) atoms. The van der Waals surface area contributed by atoms with Crippen LogP contribution in [-0.4, -0.2) is 40.8 Å². The standard InChI is InChI=1S/C16H26N2O3S/c1-16(2,3)21-15(19)18-10-5-4-7-13(18)8-6-11-20-14-17-9-12-22-14/h9,12-13H,4-8,10-11H2,1-3H3/t13-/m0/s1. The quantitative estimate of drug-likeness (QED) is 0.765. The van der Waals surface area contributed by atoms with Crippen LogP contribution < -0.4 is 4.74 Å². The van der Waals surface area contributed by atoms with Gasteiger partial charge in [0, 0.05) is 24.2 Å². The largest absolute Gasteiger partial charge is 0.470 e. The van der Waals surface area contributed by atoms with Crippen molar-refractivity contribution in [3.8, 4) is 5.19 Å². The van der Waals surface area contributed by atoms with Crippen molar-refractivity contribution >= 4 is 17.4 Å². The van der Waals surface area contributed by atoms with Crippen molar-refractivity contribution in [3.05, 3.63) is 11.6 Å². The fourth-order valence-electron chi connectivity index (χ4n) is 2.62. The predicted octanol–water partition coefficient (Wildman–Crippen LogP) is 4.09. The molecule has 1 aliphatic rings. The highest BCUT2D eigenvalue weighted by Gasteiger charge is 2.30. The number of likely N-dealkylation sites (tertiary alicyclic amines) is 1. The monoisotopic (exact) mass is 326 g/mol. The fourth-order valence-corrected chi connectivity index (χ4v) is 3.13. The number of nitrogens with zero attached hydrogens (tertiary/aromatic N) is 2. The van der Waals surface area contributed by atoms with Crippen LogP contribution in [-0.2, 0) is 4.74 Å². The van der Waals surface area contributed by atoms with Gasteiger partial charge in [-0.3, -0.25) is 0 Å². The second kappa shape index (κ2) is 7.81. The summed E-state index contributed by atoms with van der Waals surface area (Å²) in [6, 6.07) is 0.267. The van der Waals surface area contributed by atoms with Crippen molar-refractivity contribution in [1.29, 1.82) is 0 Å². The van der Waals surface area contributed by atoms with Crippen LogP contribution in [0.3, 0.4) is 0 Å². The Bertz CT molecular complexity index is 456. The first-order chi connectivity index (χ1) is 10.5. The van der Waals surface area contributed by atoms with E-state index in [4.69, 9.17) is 9.47 Å². The van der Waals surface area contributed by atoms with Crippen LogP contribution in [0.15, 0.2) is 11.6 Å². The minimum Gasteiger partial charge on any atom is -0.470 e. The minimum atomic E-state index is -0.437. The number of carbonyl (C=O) groups excluding carboxylic acids is 1. The van der Waals surface area contributed by atoms with Gasteiger partial charge in [0.1, 0.15) is 5.60 Å². The van der Waals surface area contributed by atoms with Crippen LogP contribution >= 0.6 is 11.3 Å². The molecule has 0 saturated carbocycles. The predicted molar refractivity (Wildman–Crippen MR) is 87.4 cm³/mol. The first-order valence-electron chi connectivity index (χ1n) is 7.97. The van der Waals surface area contributed by atoms with Gasteiger partial charge in [-0.2, -0.15) is 0 Å². The van der Waals surface area contributed by atoms with Crippen molar-refractivity contribution in [1.82, 2.24) is 9.88 Å². The second-order valence-corrected chi connectivity index (χ2v) is 7.47. The van der Waals surface area contributed by atoms with Gasteiger partial charge in [0.15, 0.2) is 0 Å². The maximum atomic E-state index is 12.3. The van der Waals surface area contributed by atoms with Gasteiger partial charge in [0.2, 0.25) is 0 Å². The number of piperidine rings is 1. The molecule has 1 saturated heterocycles. The molecule has 0 aromatic carbocycles. The van der Waals surface area contributed by atoms with Crippen LogP contribution in [0.25, 0.3) is 0 Å². The average Bonchev–Trinajstić information content (AvgIpc) is 2.95. The molecule has 1 amide bonds. The molecule has 1 aromatic heterocycles. The highest BCUT2D eigenvalue weighted by Crippen LogP contribution is 2.23. The van der Waals surface area contributed by atoms with E-state index in [1.165, 1.54) is 17.8 Å². The summed E-state index contributed by atoms with van der Waals surface area (Å²) in [6.45, 7) is 7.17. The van der Waals surface area contributed by atoms with Crippen molar-refractivity contribution in [2.75, 3.05) is 13.2 Å². The summed E-state index contributed by atoms with van der Waals surface area (Å²) >= 11 is 1.50. The molecule has 0 aliphatic carbocycles. The molecule has 124 valence electrons. The smallest absolute Gasteiger partial charge is 0.410 e. The lowest BCUT2D eigenvalue weighted by Gasteiger charge is -2.36. The van der Waals surface area contributed by atoms with Crippen molar-refractivity contribution in [2.45, 2.75) is 64.5 Å². The lowest BCUT2D eigenvalue weighted by atomic mass is 9.98. The lowest BCUT2D eigenvalue weighted by molar-refractivity contribution is 0.00824. The van der Waals surface area contributed by atoms with Gasteiger partial charge in [-0.1, -0.05) is 11.3 Å². The van der Waals surface area contributed by atoms with Crippen LogP contribution in [0.5, 0.6) is 5.19 Å². The van der Waals surface area contributed by atoms with E-state index in [1.54, 1.807) is 6.20 Å². The Morgan fingerprint density at radius 1 is 1.45 bits per heavy atom. The zero-order valence-corrected chi connectivity index (χ0v) is 14.5. The third-order valence-corrected chi connectivity index (χ3v) is 4.25. The first-order valence-corrected chi connectivity index (χ1v) is 8.85. The van der Waals surface area contributed by atoms with Crippen LogP contribution in [0.4, 0.5) is 4.79 Å². The maximum Gasteiger partial charge on any atom is 0.410 e. The van der Waals surface area contributed by atoms with E-state index < -0.39 is 5.60 Å². The molecule has 2 heterocycles. The third kappa shape index (κ3) is 5.48. The van der Waals surface area contributed by atoms with Gasteiger partial charge in [0.05, 0.1) is 6.61 Å². The van der Waals surface area contributed by atoms with Gasteiger partial charge in [-0.25, -0.2) is 9.78 Å². The Kier molecular flexibility index (Phi) is 6.06. The summed E-state index contributed by atoms with van der Waals surface area (Å²) in [4.78, 5) is 18.3. The van der Waals surface area contributed by atoms with E-state index in [0.717, 1.165) is 32.2 Å². The highest BCUT2D eigenvalue weighted by molar-refractivity contribution is 7.11. The molecule has 0 spiro atoms. The molecule has 0 radical (unpaired) electrons. The van der Waals surface area contributed by atoms with Gasteiger partial charge < -0.3 is 14.4 Å².